The largest absolute Gasteiger partial charge is 0.378 e. The summed E-state index contributed by atoms with van der Waals surface area (Å²) in [7, 11) is 0. The van der Waals surface area contributed by atoms with Crippen LogP contribution >= 0.6 is 11.6 Å². The van der Waals surface area contributed by atoms with Gasteiger partial charge in [-0.15, -0.1) is 0 Å². The number of para-hydroxylation sites is 1. The van der Waals surface area contributed by atoms with Crippen LogP contribution in [0.5, 0.6) is 0 Å². The second kappa shape index (κ2) is 5.39. The van der Waals surface area contributed by atoms with E-state index in [0.717, 1.165) is 17.7 Å². The molecule has 116 valence electrons. The van der Waals surface area contributed by atoms with E-state index in [0.29, 0.717) is 16.9 Å². The Hall–Kier alpha value is -2.33. The molecule has 1 aliphatic heterocycles. The molecule has 3 atom stereocenters. The van der Waals surface area contributed by atoms with E-state index in [1.165, 1.54) is 11.6 Å². The number of allylic oxidation sites excluding steroid dienone is 2. The van der Waals surface area contributed by atoms with Crippen LogP contribution in [0.15, 0.2) is 54.6 Å². The van der Waals surface area contributed by atoms with Gasteiger partial charge in [-0.25, -0.2) is 0 Å². The number of nitro benzene ring substituents is 1. The predicted molar refractivity (Wildman–Crippen MR) is 90.9 cm³/mol. The van der Waals surface area contributed by atoms with Crippen LogP contribution in [0.1, 0.15) is 29.5 Å². The summed E-state index contributed by atoms with van der Waals surface area (Å²) in [5.74, 6) is 0.650. The Morgan fingerprint density at radius 3 is 2.83 bits per heavy atom. The molecule has 3 unspecified atom stereocenters. The molecule has 0 bridgehead atoms. The molecule has 2 aromatic rings. The Morgan fingerprint density at radius 1 is 1.17 bits per heavy atom. The molecule has 1 N–H and O–H groups in total. The van der Waals surface area contributed by atoms with Gasteiger partial charge in [0, 0.05) is 34.3 Å². The topological polar surface area (TPSA) is 55.2 Å². The molecule has 2 aliphatic rings. The molecule has 23 heavy (non-hydrogen) atoms. The molecule has 5 heteroatoms. The number of halogens is 1. The minimum atomic E-state index is -0.374. The zero-order chi connectivity index (χ0) is 16.0. The first-order chi connectivity index (χ1) is 11.1. The first kappa shape index (κ1) is 14.3. The summed E-state index contributed by atoms with van der Waals surface area (Å²) in [5, 5.41) is 15.2. The average Bonchev–Trinajstić information content (AvgIpc) is 3.04. The maximum absolute atomic E-state index is 11.1. The van der Waals surface area contributed by atoms with E-state index >= 15 is 0 Å². The van der Waals surface area contributed by atoms with Crippen molar-refractivity contribution >= 4 is 23.0 Å². The zero-order valence-corrected chi connectivity index (χ0v) is 13.0. The second-order valence-electron chi connectivity index (χ2n) is 6.03. The highest BCUT2D eigenvalue weighted by molar-refractivity contribution is 6.31. The van der Waals surface area contributed by atoms with Crippen molar-refractivity contribution in [1.29, 1.82) is 0 Å². The van der Waals surface area contributed by atoms with Crippen LogP contribution in [-0.4, -0.2) is 4.92 Å². The highest BCUT2D eigenvalue weighted by Crippen LogP contribution is 2.50. The van der Waals surface area contributed by atoms with E-state index in [1.54, 1.807) is 12.1 Å². The van der Waals surface area contributed by atoms with Crippen molar-refractivity contribution in [2.45, 2.75) is 18.4 Å². The molecule has 0 fully saturated rings. The van der Waals surface area contributed by atoms with E-state index in [2.05, 4.69) is 29.6 Å². The highest BCUT2D eigenvalue weighted by Gasteiger charge is 2.38. The number of hydrogen-bond donors (Lipinski definition) is 1. The van der Waals surface area contributed by atoms with Crippen LogP contribution in [-0.2, 0) is 0 Å². The van der Waals surface area contributed by atoms with E-state index in [9.17, 15) is 10.1 Å². The quantitative estimate of drug-likeness (QED) is 0.476. The first-order valence-corrected chi connectivity index (χ1v) is 7.99. The molecule has 0 radical (unpaired) electrons. The van der Waals surface area contributed by atoms with Crippen molar-refractivity contribution in [2.24, 2.45) is 5.92 Å². The third kappa shape index (κ3) is 2.30. The predicted octanol–water partition coefficient (Wildman–Crippen LogP) is 5.07. The number of nitrogens with zero attached hydrogens (tertiary/aromatic N) is 1. The molecule has 0 saturated heterocycles. The maximum Gasteiger partial charge on any atom is 0.269 e. The average molecular weight is 327 g/mol. The number of non-ortho nitro benzene ring substituents is 1. The summed E-state index contributed by atoms with van der Waals surface area (Å²) in [6.07, 6.45) is 5.37. The molecule has 4 rings (SSSR count). The number of nitrogens with one attached hydrogen (secondary N) is 1. The Kier molecular flexibility index (Phi) is 3.34. The molecule has 2 aromatic carbocycles. The van der Waals surface area contributed by atoms with E-state index in [4.69, 9.17) is 11.6 Å². The lowest BCUT2D eigenvalue weighted by atomic mass is 9.77. The summed E-state index contributed by atoms with van der Waals surface area (Å²) >= 11 is 6.37. The highest BCUT2D eigenvalue weighted by atomic mass is 35.5. The van der Waals surface area contributed by atoms with Crippen molar-refractivity contribution < 1.29 is 4.92 Å². The Morgan fingerprint density at radius 2 is 2.00 bits per heavy atom. The lowest BCUT2D eigenvalue weighted by Crippen LogP contribution is -2.29. The van der Waals surface area contributed by atoms with Gasteiger partial charge in [0.15, 0.2) is 0 Å². The monoisotopic (exact) mass is 326 g/mol. The van der Waals surface area contributed by atoms with Gasteiger partial charge in [0.05, 0.1) is 11.0 Å². The fourth-order valence-corrected chi connectivity index (χ4v) is 3.97. The molecule has 1 heterocycles. The Balaban J connectivity index is 1.81. The van der Waals surface area contributed by atoms with Gasteiger partial charge in [-0.2, -0.15) is 0 Å². The fourth-order valence-electron chi connectivity index (χ4n) is 3.73. The maximum atomic E-state index is 11.1. The number of hydrogen-bond acceptors (Lipinski definition) is 3. The van der Waals surface area contributed by atoms with Crippen molar-refractivity contribution in [3.63, 3.8) is 0 Å². The number of fused-ring (bicyclic) bond motifs is 3. The third-order valence-electron chi connectivity index (χ3n) is 4.80. The number of rotatable bonds is 2. The van der Waals surface area contributed by atoms with Crippen LogP contribution in [0.3, 0.4) is 0 Å². The smallest absolute Gasteiger partial charge is 0.269 e. The van der Waals surface area contributed by atoms with Gasteiger partial charge in [0.2, 0.25) is 0 Å². The third-order valence-corrected chi connectivity index (χ3v) is 5.14. The summed E-state index contributed by atoms with van der Waals surface area (Å²) in [4.78, 5) is 10.7. The minimum Gasteiger partial charge on any atom is -0.378 e. The zero-order valence-electron chi connectivity index (χ0n) is 12.3. The van der Waals surface area contributed by atoms with E-state index < -0.39 is 0 Å². The van der Waals surface area contributed by atoms with Crippen molar-refractivity contribution in [2.75, 3.05) is 5.32 Å². The molecule has 0 aromatic heterocycles. The Bertz CT molecular complexity index is 818. The first-order valence-electron chi connectivity index (χ1n) is 7.61. The summed E-state index contributed by atoms with van der Waals surface area (Å²) in [6, 6.07) is 12.9. The van der Waals surface area contributed by atoms with Crippen LogP contribution in [0, 0.1) is 16.0 Å². The summed E-state index contributed by atoms with van der Waals surface area (Å²) in [6.45, 7) is 0. The van der Waals surface area contributed by atoms with Gasteiger partial charge in [0.1, 0.15) is 0 Å². The second-order valence-corrected chi connectivity index (χ2v) is 6.43. The van der Waals surface area contributed by atoms with Gasteiger partial charge >= 0.3 is 0 Å². The number of anilines is 1. The van der Waals surface area contributed by atoms with Crippen LogP contribution in [0.4, 0.5) is 11.4 Å². The van der Waals surface area contributed by atoms with Gasteiger partial charge in [-0.1, -0.05) is 42.0 Å². The van der Waals surface area contributed by atoms with Crippen molar-refractivity contribution in [3.05, 3.63) is 80.9 Å². The molecule has 0 saturated carbocycles. The lowest BCUT2D eigenvalue weighted by molar-refractivity contribution is -0.384. The van der Waals surface area contributed by atoms with Gasteiger partial charge in [-0.05, 0) is 30.0 Å². The molecular weight excluding hydrogens is 312 g/mol. The van der Waals surface area contributed by atoms with Crippen molar-refractivity contribution in [3.8, 4) is 0 Å². The summed E-state index contributed by atoms with van der Waals surface area (Å²) < 4.78 is 0. The lowest BCUT2D eigenvalue weighted by Gasteiger charge is -2.37. The standard InChI is InChI=1S/C18H15ClN2O2/c19-16-9-8-11(21(22)23)10-15(16)18-14-6-3-5-12(14)13-4-1-2-7-17(13)20-18/h1-5,7-10,12,14,18,20H,6H2. The molecule has 4 nitrogen and oxygen atoms in total. The van der Waals surface area contributed by atoms with Crippen molar-refractivity contribution in [1.82, 2.24) is 0 Å². The van der Waals surface area contributed by atoms with E-state index in [-0.39, 0.29) is 16.7 Å². The minimum absolute atomic E-state index is 0.0303. The summed E-state index contributed by atoms with van der Waals surface area (Å²) in [5.41, 5.74) is 3.23. The Labute approximate surface area is 138 Å². The van der Waals surface area contributed by atoms with Crippen LogP contribution in [0.25, 0.3) is 0 Å². The number of benzene rings is 2. The number of nitro groups is 1. The van der Waals surface area contributed by atoms with Crippen LogP contribution in [0.2, 0.25) is 5.02 Å². The molecular formula is C18H15ClN2O2. The molecule has 0 spiro atoms. The fraction of sp³-hybridized carbons (Fsp3) is 0.222. The molecule has 0 amide bonds. The SMILES string of the molecule is O=[N+]([O-])c1ccc(Cl)c(C2Nc3ccccc3C3C=CCC32)c1. The van der Waals surface area contributed by atoms with E-state index in [1.807, 2.05) is 12.1 Å². The van der Waals surface area contributed by atoms with Crippen LogP contribution < -0.4 is 5.32 Å². The van der Waals surface area contributed by atoms with Gasteiger partial charge in [0.25, 0.3) is 5.69 Å². The van der Waals surface area contributed by atoms with Gasteiger partial charge < -0.3 is 5.32 Å². The van der Waals surface area contributed by atoms with Gasteiger partial charge in [-0.3, -0.25) is 10.1 Å². The normalized spacial score (nSPS) is 24.7. The molecule has 1 aliphatic carbocycles.